The molecule has 0 bridgehead atoms. The lowest BCUT2D eigenvalue weighted by Crippen LogP contribution is -2.51. The SMILES string of the molecule is CC[C@@H](N)C(=O)NC1CCC(=O)NC1. The zero-order chi connectivity index (χ0) is 10.6. The summed E-state index contributed by atoms with van der Waals surface area (Å²) in [4.78, 5) is 22.2. The van der Waals surface area contributed by atoms with Crippen LogP contribution < -0.4 is 16.4 Å². The second kappa shape index (κ2) is 4.95. The van der Waals surface area contributed by atoms with Gasteiger partial charge in [-0.05, 0) is 12.8 Å². The average molecular weight is 199 g/mol. The first-order valence-corrected chi connectivity index (χ1v) is 4.96. The van der Waals surface area contributed by atoms with Crippen molar-refractivity contribution in [1.29, 1.82) is 0 Å². The molecule has 80 valence electrons. The molecule has 0 spiro atoms. The number of hydrogen-bond acceptors (Lipinski definition) is 3. The lowest BCUT2D eigenvalue weighted by molar-refractivity contribution is -0.126. The highest BCUT2D eigenvalue weighted by atomic mass is 16.2. The highest BCUT2D eigenvalue weighted by Crippen LogP contribution is 2.02. The van der Waals surface area contributed by atoms with Crippen LogP contribution in [0.2, 0.25) is 0 Å². The van der Waals surface area contributed by atoms with Crippen molar-refractivity contribution in [2.75, 3.05) is 6.54 Å². The standard InChI is InChI=1S/C9H17N3O2/c1-2-7(10)9(14)12-6-3-4-8(13)11-5-6/h6-7H,2-5,10H2,1H3,(H,11,13)(H,12,14)/t6?,7-/m1/s1. The molecule has 2 amide bonds. The first-order chi connectivity index (χ1) is 6.63. The van der Waals surface area contributed by atoms with Crippen LogP contribution in [0, 0.1) is 0 Å². The summed E-state index contributed by atoms with van der Waals surface area (Å²) in [5.74, 6) is -0.0797. The first kappa shape index (κ1) is 11.0. The number of rotatable bonds is 3. The van der Waals surface area contributed by atoms with E-state index in [1.54, 1.807) is 0 Å². The predicted molar refractivity (Wildman–Crippen MR) is 52.4 cm³/mol. The first-order valence-electron chi connectivity index (χ1n) is 4.96. The second-order valence-corrected chi connectivity index (χ2v) is 3.56. The van der Waals surface area contributed by atoms with Gasteiger partial charge < -0.3 is 16.4 Å². The van der Waals surface area contributed by atoms with Crippen molar-refractivity contribution in [2.24, 2.45) is 5.73 Å². The van der Waals surface area contributed by atoms with E-state index in [0.717, 1.165) is 0 Å². The number of nitrogens with one attached hydrogen (secondary N) is 2. The van der Waals surface area contributed by atoms with Crippen LogP contribution in [0.1, 0.15) is 26.2 Å². The van der Waals surface area contributed by atoms with E-state index in [9.17, 15) is 9.59 Å². The number of nitrogens with two attached hydrogens (primary N) is 1. The molecule has 1 saturated heterocycles. The van der Waals surface area contributed by atoms with Crippen LogP contribution in [0.3, 0.4) is 0 Å². The zero-order valence-corrected chi connectivity index (χ0v) is 8.38. The highest BCUT2D eigenvalue weighted by Gasteiger charge is 2.21. The number of hydrogen-bond donors (Lipinski definition) is 3. The summed E-state index contributed by atoms with van der Waals surface area (Å²) in [6, 6.07) is -0.398. The molecule has 0 aromatic rings. The van der Waals surface area contributed by atoms with E-state index in [1.165, 1.54) is 0 Å². The normalized spacial score (nSPS) is 23.9. The fourth-order valence-electron chi connectivity index (χ4n) is 1.35. The third kappa shape index (κ3) is 2.99. The molecule has 1 aliphatic heterocycles. The summed E-state index contributed by atoms with van der Waals surface area (Å²) in [7, 11) is 0. The van der Waals surface area contributed by atoms with E-state index < -0.39 is 6.04 Å². The number of piperidine rings is 1. The minimum absolute atomic E-state index is 0.0396. The Morgan fingerprint density at radius 3 is 3.00 bits per heavy atom. The lowest BCUT2D eigenvalue weighted by Gasteiger charge is -2.24. The minimum Gasteiger partial charge on any atom is -0.354 e. The molecule has 5 nitrogen and oxygen atoms in total. The summed E-state index contributed by atoms with van der Waals surface area (Å²) in [6.07, 6.45) is 1.81. The Balaban J connectivity index is 2.30. The second-order valence-electron chi connectivity index (χ2n) is 3.56. The molecule has 0 radical (unpaired) electrons. The molecule has 1 aliphatic rings. The van der Waals surface area contributed by atoms with E-state index in [4.69, 9.17) is 5.73 Å². The Kier molecular flexibility index (Phi) is 3.88. The van der Waals surface area contributed by atoms with Crippen molar-refractivity contribution in [2.45, 2.75) is 38.3 Å². The van der Waals surface area contributed by atoms with Crippen molar-refractivity contribution >= 4 is 11.8 Å². The van der Waals surface area contributed by atoms with Gasteiger partial charge in [0.05, 0.1) is 6.04 Å². The van der Waals surface area contributed by atoms with E-state index in [2.05, 4.69) is 10.6 Å². The zero-order valence-electron chi connectivity index (χ0n) is 8.38. The van der Waals surface area contributed by atoms with Crippen molar-refractivity contribution < 1.29 is 9.59 Å². The van der Waals surface area contributed by atoms with E-state index >= 15 is 0 Å². The average Bonchev–Trinajstić information content (AvgIpc) is 2.20. The number of amides is 2. The van der Waals surface area contributed by atoms with Gasteiger partial charge in [0, 0.05) is 19.0 Å². The van der Waals surface area contributed by atoms with Gasteiger partial charge in [0.25, 0.3) is 0 Å². The largest absolute Gasteiger partial charge is 0.354 e. The summed E-state index contributed by atoms with van der Waals surface area (Å²) < 4.78 is 0. The van der Waals surface area contributed by atoms with Crippen LogP contribution in [0.15, 0.2) is 0 Å². The maximum Gasteiger partial charge on any atom is 0.237 e. The van der Waals surface area contributed by atoms with E-state index in [1.807, 2.05) is 6.92 Å². The van der Waals surface area contributed by atoms with Gasteiger partial charge in [-0.2, -0.15) is 0 Å². The molecule has 1 heterocycles. The molecular formula is C9H17N3O2. The van der Waals surface area contributed by atoms with E-state index in [-0.39, 0.29) is 17.9 Å². The van der Waals surface area contributed by atoms with Crippen LogP contribution in [-0.2, 0) is 9.59 Å². The highest BCUT2D eigenvalue weighted by molar-refractivity contribution is 5.82. The van der Waals surface area contributed by atoms with Gasteiger partial charge in [0.2, 0.25) is 11.8 Å². The quantitative estimate of drug-likeness (QED) is 0.552. The molecule has 1 rings (SSSR count). The van der Waals surface area contributed by atoms with Gasteiger partial charge in [-0.15, -0.1) is 0 Å². The summed E-state index contributed by atoms with van der Waals surface area (Å²) in [5, 5.41) is 5.51. The van der Waals surface area contributed by atoms with Crippen LogP contribution in [0.5, 0.6) is 0 Å². The third-order valence-corrected chi connectivity index (χ3v) is 2.39. The minimum atomic E-state index is -0.437. The molecule has 4 N–H and O–H groups in total. The van der Waals surface area contributed by atoms with Crippen LogP contribution >= 0.6 is 0 Å². The molecular weight excluding hydrogens is 182 g/mol. The van der Waals surface area contributed by atoms with Crippen LogP contribution in [0.25, 0.3) is 0 Å². The lowest BCUT2D eigenvalue weighted by atomic mass is 10.1. The fourth-order valence-corrected chi connectivity index (χ4v) is 1.35. The molecule has 0 aliphatic carbocycles. The molecule has 0 aromatic carbocycles. The van der Waals surface area contributed by atoms with Gasteiger partial charge in [-0.25, -0.2) is 0 Å². The monoisotopic (exact) mass is 199 g/mol. The predicted octanol–water partition coefficient (Wildman–Crippen LogP) is -0.881. The smallest absolute Gasteiger partial charge is 0.237 e. The van der Waals surface area contributed by atoms with Gasteiger partial charge in [-0.3, -0.25) is 9.59 Å². The molecule has 1 unspecified atom stereocenters. The summed E-state index contributed by atoms with van der Waals surface area (Å²) in [5.41, 5.74) is 5.56. The van der Waals surface area contributed by atoms with Gasteiger partial charge in [-0.1, -0.05) is 6.92 Å². The van der Waals surface area contributed by atoms with Crippen molar-refractivity contribution in [3.63, 3.8) is 0 Å². The van der Waals surface area contributed by atoms with Crippen LogP contribution in [0.4, 0.5) is 0 Å². The van der Waals surface area contributed by atoms with Gasteiger partial charge >= 0.3 is 0 Å². The maximum atomic E-state index is 11.4. The third-order valence-electron chi connectivity index (χ3n) is 2.39. The van der Waals surface area contributed by atoms with Crippen LogP contribution in [-0.4, -0.2) is 30.4 Å². The van der Waals surface area contributed by atoms with Gasteiger partial charge in [0.15, 0.2) is 0 Å². The maximum absolute atomic E-state index is 11.4. The molecule has 0 saturated carbocycles. The molecule has 5 heteroatoms. The van der Waals surface area contributed by atoms with Crippen molar-refractivity contribution in [1.82, 2.24) is 10.6 Å². The van der Waals surface area contributed by atoms with Crippen molar-refractivity contribution in [3.8, 4) is 0 Å². The topological polar surface area (TPSA) is 84.2 Å². The fraction of sp³-hybridized carbons (Fsp3) is 0.778. The molecule has 0 aromatic heterocycles. The molecule has 14 heavy (non-hydrogen) atoms. The Labute approximate surface area is 83.4 Å². The number of carbonyl (C=O) groups is 2. The Morgan fingerprint density at radius 1 is 1.79 bits per heavy atom. The van der Waals surface area contributed by atoms with Crippen molar-refractivity contribution in [3.05, 3.63) is 0 Å². The summed E-state index contributed by atoms with van der Waals surface area (Å²) >= 11 is 0. The Bertz CT molecular complexity index is 220. The van der Waals surface area contributed by atoms with E-state index in [0.29, 0.717) is 25.8 Å². The Hall–Kier alpha value is -1.10. The molecule has 2 atom stereocenters. The Morgan fingerprint density at radius 2 is 2.50 bits per heavy atom. The summed E-state index contributed by atoms with van der Waals surface area (Å²) in [6.45, 7) is 2.38. The molecule has 1 fully saturated rings. The number of carbonyl (C=O) groups excluding carboxylic acids is 2. The van der Waals surface area contributed by atoms with Gasteiger partial charge in [0.1, 0.15) is 0 Å².